The van der Waals surface area contributed by atoms with Crippen LogP contribution in [0.2, 0.25) is 0 Å². The van der Waals surface area contributed by atoms with Crippen LogP contribution in [0.5, 0.6) is 40.2 Å². The number of benzene rings is 6. The molecule has 3 heterocycles. The number of hydrogen-bond acceptors (Lipinski definition) is 10. The molecule has 478 valence electrons. The van der Waals surface area contributed by atoms with Crippen molar-refractivity contribution in [2.75, 3.05) is 19.8 Å². The van der Waals surface area contributed by atoms with Crippen LogP contribution >= 0.6 is 11.7 Å². The Labute approximate surface area is 547 Å². The maximum Gasteiger partial charge on any atom is 0.260 e. The smallest absolute Gasteiger partial charge is 0.260 e. The lowest BCUT2D eigenvalue weighted by molar-refractivity contribution is -0.123. The van der Waals surface area contributed by atoms with Crippen LogP contribution in [0.4, 0.5) is 0 Å². The Morgan fingerprint density at radius 1 is 0.516 bits per heavy atom. The second-order valence-electron chi connectivity index (χ2n) is 27.3. The zero-order chi connectivity index (χ0) is 64.4. The Morgan fingerprint density at radius 3 is 1.47 bits per heavy atom. The molecule has 2 amide bonds. The molecule has 0 radical (unpaired) electrons. The Hall–Kier alpha value is -7.74. The number of nitrogens with one attached hydrogen (secondary N) is 2. The number of hydrogen-bond donors (Lipinski definition) is 2. The highest BCUT2D eigenvalue weighted by Gasteiger charge is 2.40. The number of aromatic nitrogens is 2. The molecule has 4 atom stereocenters. The molecule has 1 aromatic heterocycles. The predicted octanol–water partition coefficient (Wildman–Crippen LogP) is 16.4. The molecular formula is C78H95BN4O7S. The summed E-state index contributed by atoms with van der Waals surface area (Å²) in [6.45, 7) is 26.4. The summed E-state index contributed by atoms with van der Waals surface area (Å²) in [5.74, 6) is 21.0. The number of para-hydroxylation sites is 2. The molecule has 0 unspecified atom stereocenters. The van der Waals surface area contributed by atoms with Crippen molar-refractivity contribution in [3.8, 4) is 63.9 Å². The summed E-state index contributed by atoms with van der Waals surface area (Å²) >= 11 is 1.13. The van der Waals surface area contributed by atoms with Crippen LogP contribution in [0, 0.1) is 65.1 Å². The van der Waals surface area contributed by atoms with Crippen LogP contribution in [0.3, 0.4) is 0 Å². The molecule has 13 heteroatoms. The van der Waals surface area contributed by atoms with Crippen molar-refractivity contribution in [1.29, 1.82) is 0 Å². The average Bonchev–Trinajstić information content (AvgIpc) is 1.16. The van der Waals surface area contributed by atoms with Crippen LogP contribution in [0.1, 0.15) is 198 Å². The summed E-state index contributed by atoms with van der Waals surface area (Å²) in [6.07, 6.45) is 13.7. The fourth-order valence-corrected chi connectivity index (χ4v) is 12.6. The lowest BCUT2D eigenvalue weighted by Crippen LogP contribution is -2.57. The molecule has 91 heavy (non-hydrogen) atoms. The van der Waals surface area contributed by atoms with Crippen molar-refractivity contribution in [3.63, 3.8) is 0 Å². The van der Waals surface area contributed by atoms with Crippen LogP contribution in [0.15, 0.2) is 109 Å². The summed E-state index contributed by atoms with van der Waals surface area (Å²) < 4.78 is 42.3. The maximum atomic E-state index is 14.6. The molecule has 0 aliphatic carbocycles. The van der Waals surface area contributed by atoms with E-state index < -0.39 is 6.04 Å². The molecule has 0 saturated carbocycles. The quantitative estimate of drug-likeness (QED) is 0.0322. The second-order valence-corrected chi connectivity index (χ2v) is 27.8. The Kier molecular flexibility index (Phi) is 24.5. The van der Waals surface area contributed by atoms with E-state index in [0.29, 0.717) is 95.6 Å². The molecule has 2 aliphatic heterocycles. The minimum atomic E-state index is -0.794. The average molecular weight is 1240 g/mol. The van der Waals surface area contributed by atoms with Crippen molar-refractivity contribution in [2.24, 2.45) is 41.4 Å². The molecule has 2 aliphatic rings. The van der Waals surface area contributed by atoms with E-state index in [0.717, 1.165) is 117 Å². The first-order valence-electron chi connectivity index (χ1n) is 33.7. The summed E-state index contributed by atoms with van der Waals surface area (Å²) in [5, 5.41) is 6.24. The van der Waals surface area contributed by atoms with Gasteiger partial charge in [0.15, 0.2) is 11.5 Å². The molecule has 2 N–H and O–H groups in total. The minimum absolute atomic E-state index is 0.00427. The zero-order valence-corrected chi connectivity index (χ0v) is 56.6. The molecule has 6 aromatic carbocycles. The van der Waals surface area contributed by atoms with Gasteiger partial charge in [0.05, 0.1) is 42.7 Å². The zero-order valence-electron chi connectivity index (χ0n) is 55.8. The van der Waals surface area contributed by atoms with E-state index in [1.807, 2.05) is 84.9 Å². The molecule has 7 aromatic rings. The number of carbonyl (C=O) groups is 2. The normalized spacial score (nSPS) is 13.4. The van der Waals surface area contributed by atoms with Gasteiger partial charge < -0.3 is 34.3 Å². The van der Waals surface area contributed by atoms with E-state index in [2.05, 4.69) is 131 Å². The maximum absolute atomic E-state index is 14.6. The standard InChI is InChI=1S/C78H95BN4O7S/c1-51(2)19-16-22-55(9)39-42-86-71-48-63(49-72(87-43-40-56(10)23-17-20-52(3)4)76(71)88-44-41-57(11)24-18-21-53(5)6)77(84)81-66(45-54(7)8)78(85)80-50-59-31-29-58(30-32-59)33-35-61-37-38-62(75-74(61)82-91-83-75)36-34-60-46-69-73-70(47-60)90-68-28-15-13-26-65(68)79(73)64-25-12-14-27-67(64)89-69/h12-15,25-32,37-38,46-49,51-57,66H,16-24,39-45,50H2,1-11H3,(H,80,85)(H,81,84)/t55-,56-,57-,66-/m0/s1. The van der Waals surface area contributed by atoms with Gasteiger partial charge in [0.25, 0.3) is 12.6 Å². The van der Waals surface area contributed by atoms with E-state index >= 15 is 0 Å². The van der Waals surface area contributed by atoms with E-state index in [9.17, 15) is 9.59 Å². The molecular weight excluding hydrogens is 1150 g/mol. The van der Waals surface area contributed by atoms with Crippen molar-refractivity contribution in [2.45, 2.75) is 172 Å². The summed E-state index contributed by atoms with van der Waals surface area (Å²) in [5.41, 5.74) is 8.90. The van der Waals surface area contributed by atoms with Crippen molar-refractivity contribution >= 4 is 57.7 Å². The Balaban J connectivity index is 0.865. The Bertz CT molecular complexity index is 3580. The summed E-state index contributed by atoms with van der Waals surface area (Å²) in [4.78, 5) is 28.8. The topological polar surface area (TPSA) is 130 Å². The molecule has 11 nitrogen and oxygen atoms in total. The molecule has 0 saturated heterocycles. The molecule has 9 rings (SSSR count). The summed E-state index contributed by atoms with van der Waals surface area (Å²) in [7, 11) is 0. The number of ether oxygens (including phenoxy) is 5. The van der Waals surface area contributed by atoms with Gasteiger partial charge in [-0.2, -0.15) is 8.75 Å². The van der Waals surface area contributed by atoms with Crippen LogP contribution in [0.25, 0.3) is 11.0 Å². The first kappa shape index (κ1) is 67.7. The summed E-state index contributed by atoms with van der Waals surface area (Å²) in [6, 6.07) is 34.8. The van der Waals surface area contributed by atoms with Crippen molar-refractivity contribution in [3.05, 3.63) is 143 Å². The lowest BCUT2D eigenvalue weighted by atomic mass is 9.35. The number of amides is 2. The van der Waals surface area contributed by atoms with E-state index in [4.69, 9.17) is 23.7 Å². The third kappa shape index (κ3) is 19.2. The van der Waals surface area contributed by atoms with Gasteiger partial charge in [-0.25, -0.2) is 0 Å². The van der Waals surface area contributed by atoms with Crippen LogP contribution in [-0.2, 0) is 11.3 Å². The van der Waals surface area contributed by atoms with E-state index in [1.54, 1.807) is 12.1 Å². The van der Waals surface area contributed by atoms with Crippen LogP contribution in [-0.4, -0.2) is 53.1 Å². The highest BCUT2D eigenvalue weighted by atomic mass is 32.1. The van der Waals surface area contributed by atoms with Crippen molar-refractivity contribution in [1.82, 2.24) is 19.4 Å². The molecule has 0 spiro atoms. The largest absolute Gasteiger partial charge is 0.490 e. The van der Waals surface area contributed by atoms with Crippen molar-refractivity contribution < 1.29 is 33.3 Å². The van der Waals surface area contributed by atoms with Gasteiger partial charge in [-0.05, 0) is 144 Å². The van der Waals surface area contributed by atoms with Gasteiger partial charge in [-0.3, -0.25) is 9.59 Å². The number of carbonyl (C=O) groups excluding carboxylic acids is 2. The minimum Gasteiger partial charge on any atom is -0.490 e. The predicted molar refractivity (Wildman–Crippen MR) is 373 cm³/mol. The van der Waals surface area contributed by atoms with Gasteiger partial charge in [0.1, 0.15) is 40.1 Å². The van der Waals surface area contributed by atoms with Gasteiger partial charge >= 0.3 is 0 Å². The Morgan fingerprint density at radius 2 is 0.989 bits per heavy atom. The molecule has 0 bridgehead atoms. The highest BCUT2D eigenvalue weighted by Crippen LogP contribution is 2.41. The fourth-order valence-electron chi connectivity index (χ4n) is 12.0. The number of nitrogens with zero attached hydrogens (tertiary/aromatic N) is 2. The lowest BCUT2D eigenvalue weighted by Gasteiger charge is -2.32. The fraction of sp³-hybridized carbons (Fsp3) is 0.462. The van der Waals surface area contributed by atoms with Gasteiger partial charge in [-0.15, -0.1) is 0 Å². The number of rotatable bonds is 31. The number of fused-ring (bicyclic) bond motifs is 5. The second kappa shape index (κ2) is 33.0. The molecule has 0 fully saturated rings. The third-order valence-electron chi connectivity index (χ3n) is 17.5. The highest BCUT2D eigenvalue weighted by molar-refractivity contribution is 7.00. The van der Waals surface area contributed by atoms with Gasteiger partial charge in [0, 0.05) is 28.7 Å². The van der Waals surface area contributed by atoms with Gasteiger partial charge in [-0.1, -0.05) is 206 Å². The van der Waals surface area contributed by atoms with Gasteiger partial charge in [0.2, 0.25) is 11.7 Å². The first-order chi connectivity index (χ1) is 44.0. The first-order valence-corrected chi connectivity index (χ1v) is 34.4. The van der Waals surface area contributed by atoms with Crippen LogP contribution < -0.4 is 50.7 Å². The monoisotopic (exact) mass is 1240 g/mol. The third-order valence-corrected chi connectivity index (χ3v) is 18.0. The van der Waals surface area contributed by atoms with E-state index in [1.165, 1.54) is 38.5 Å². The SMILES string of the molecule is CC(C)CCC[C@H](C)CCOc1cc(C(=O)N[C@@H](CC(C)C)C(=O)NCc2ccc(C#Cc3ccc(C#Cc4cc5c6c(c4)Oc4ccccc4B6c4ccccc4O5)c4nsnc34)cc2)cc(OCC[C@@H](C)CCCC(C)C)c1OCC[C@@H](C)CCCC(C)C. The van der Waals surface area contributed by atoms with E-state index in [-0.39, 0.29) is 31.0 Å².